The highest BCUT2D eigenvalue weighted by Crippen LogP contribution is 2.27. The first-order valence-corrected chi connectivity index (χ1v) is 5.96. The summed E-state index contributed by atoms with van der Waals surface area (Å²) in [5, 5.41) is 5.35. The molecule has 0 bridgehead atoms. The van der Waals surface area contributed by atoms with Crippen LogP contribution in [0.3, 0.4) is 0 Å². The lowest BCUT2D eigenvalue weighted by Crippen LogP contribution is -2.41. The number of hydrogen-bond acceptors (Lipinski definition) is 2. The van der Waals surface area contributed by atoms with E-state index in [2.05, 4.69) is 15.6 Å². The minimum atomic E-state index is -1.36. The van der Waals surface area contributed by atoms with Gasteiger partial charge in [0.1, 0.15) is 5.54 Å². The Hall–Kier alpha value is -1.98. The Balaban J connectivity index is 2.44. The fraction of sp³-hybridized carbons (Fsp3) is 0.385. The summed E-state index contributed by atoms with van der Waals surface area (Å²) in [7, 11) is 0. The largest absolute Gasteiger partial charge is 0.338 e. The van der Waals surface area contributed by atoms with Gasteiger partial charge in [0.25, 0.3) is 5.91 Å². The van der Waals surface area contributed by atoms with E-state index in [0.717, 1.165) is 6.07 Å². The summed E-state index contributed by atoms with van der Waals surface area (Å²) < 4.78 is 27.1. The summed E-state index contributed by atoms with van der Waals surface area (Å²) in [5.74, 6) is -2.21. The van der Waals surface area contributed by atoms with Crippen LogP contribution in [0.1, 0.15) is 26.3 Å². The third kappa shape index (κ3) is 2.30. The van der Waals surface area contributed by atoms with Gasteiger partial charge in [0.15, 0.2) is 17.6 Å². The van der Waals surface area contributed by atoms with Crippen molar-refractivity contribution in [3.8, 4) is 0 Å². The zero-order valence-electron chi connectivity index (χ0n) is 10.9. The molecule has 0 radical (unpaired) electrons. The Morgan fingerprint density at radius 1 is 1.32 bits per heavy atom. The molecule has 19 heavy (non-hydrogen) atoms. The molecule has 2 rings (SSSR count). The molecule has 0 spiro atoms. The maximum atomic E-state index is 13.8. The lowest BCUT2D eigenvalue weighted by atomic mass is 9.92. The SMILES string of the molecule is CC(C)N=C1NC(=O)C(C)(c2cccc(F)c2F)N1. The van der Waals surface area contributed by atoms with Crippen LogP contribution in [0.2, 0.25) is 0 Å². The Morgan fingerprint density at radius 3 is 2.63 bits per heavy atom. The van der Waals surface area contributed by atoms with E-state index >= 15 is 0 Å². The lowest BCUT2D eigenvalue weighted by molar-refractivity contribution is -0.123. The Kier molecular flexibility index (Phi) is 3.26. The molecule has 1 aliphatic rings. The van der Waals surface area contributed by atoms with Crippen molar-refractivity contribution in [1.82, 2.24) is 10.6 Å². The number of nitrogens with zero attached hydrogens (tertiary/aromatic N) is 1. The van der Waals surface area contributed by atoms with E-state index in [0.29, 0.717) is 0 Å². The van der Waals surface area contributed by atoms with Gasteiger partial charge >= 0.3 is 0 Å². The second-order valence-electron chi connectivity index (χ2n) is 4.88. The van der Waals surface area contributed by atoms with Crippen LogP contribution in [-0.2, 0) is 10.3 Å². The van der Waals surface area contributed by atoms with Crippen molar-refractivity contribution in [3.05, 3.63) is 35.4 Å². The van der Waals surface area contributed by atoms with Gasteiger partial charge in [-0.25, -0.2) is 8.78 Å². The number of hydrogen-bond donors (Lipinski definition) is 2. The molecule has 1 heterocycles. The van der Waals surface area contributed by atoms with Crippen LogP contribution in [-0.4, -0.2) is 17.9 Å². The molecular weight excluding hydrogens is 252 g/mol. The van der Waals surface area contributed by atoms with E-state index in [4.69, 9.17) is 0 Å². The molecule has 2 N–H and O–H groups in total. The number of nitrogens with one attached hydrogen (secondary N) is 2. The number of amides is 1. The van der Waals surface area contributed by atoms with Gasteiger partial charge in [0.2, 0.25) is 0 Å². The average Bonchev–Trinajstić information content (AvgIpc) is 2.58. The van der Waals surface area contributed by atoms with Crippen molar-refractivity contribution in [2.45, 2.75) is 32.4 Å². The summed E-state index contributed by atoms with van der Waals surface area (Å²) in [5.41, 5.74) is -1.40. The lowest BCUT2D eigenvalue weighted by Gasteiger charge is -2.22. The predicted molar refractivity (Wildman–Crippen MR) is 67.6 cm³/mol. The van der Waals surface area contributed by atoms with Crippen molar-refractivity contribution in [2.75, 3.05) is 0 Å². The molecule has 1 aliphatic heterocycles. The van der Waals surface area contributed by atoms with Gasteiger partial charge in [0.05, 0.1) is 0 Å². The number of rotatable bonds is 2. The van der Waals surface area contributed by atoms with Crippen molar-refractivity contribution in [1.29, 1.82) is 0 Å². The molecule has 1 aromatic rings. The van der Waals surface area contributed by atoms with Gasteiger partial charge in [-0.05, 0) is 26.8 Å². The first-order valence-electron chi connectivity index (χ1n) is 5.96. The molecule has 1 saturated heterocycles. The van der Waals surface area contributed by atoms with Crippen LogP contribution < -0.4 is 10.6 Å². The zero-order chi connectivity index (χ0) is 14.2. The number of carbonyl (C=O) groups is 1. The van der Waals surface area contributed by atoms with Crippen molar-refractivity contribution in [3.63, 3.8) is 0 Å². The van der Waals surface area contributed by atoms with E-state index in [9.17, 15) is 13.6 Å². The molecule has 0 aromatic heterocycles. The molecule has 6 heteroatoms. The van der Waals surface area contributed by atoms with Crippen LogP contribution in [0.15, 0.2) is 23.2 Å². The summed E-state index contributed by atoms with van der Waals surface area (Å²) in [6.07, 6.45) is 0. The fourth-order valence-electron chi connectivity index (χ4n) is 1.96. The molecular formula is C13H15F2N3O. The first-order chi connectivity index (χ1) is 8.84. The molecule has 4 nitrogen and oxygen atoms in total. The van der Waals surface area contributed by atoms with Crippen molar-refractivity contribution >= 4 is 11.9 Å². The Morgan fingerprint density at radius 2 is 2.00 bits per heavy atom. The van der Waals surface area contributed by atoms with Crippen LogP contribution in [0.25, 0.3) is 0 Å². The summed E-state index contributed by atoms with van der Waals surface area (Å²) >= 11 is 0. The molecule has 1 unspecified atom stereocenters. The van der Waals surface area contributed by atoms with Crippen LogP contribution in [0, 0.1) is 11.6 Å². The quantitative estimate of drug-likeness (QED) is 0.856. The van der Waals surface area contributed by atoms with Crippen LogP contribution in [0.5, 0.6) is 0 Å². The summed E-state index contributed by atoms with van der Waals surface area (Å²) in [6.45, 7) is 5.18. The van der Waals surface area contributed by atoms with Crippen molar-refractivity contribution in [2.24, 2.45) is 4.99 Å². The number of halogens is 2. The highest BCUT2D eigenvalue weighted by molar-refractivity contribution is 6.09. The number of carbonyl (C=O) groups excluding carboxylic acids is 1. The number of aliphatic imine (C=N–C) groups is 1. The number of benzene rings is 1. The van der Waals surface area contributed by atoms with Gasteiger partial charge in [0, 0.05) is 11.6 Å². The first kappa shape index (κ1) is 13.5. The van der Waals surface area contributed by atoms with Gasteiger partial charge < -0.3 is 5.32 Å². The van der Waals surface area contributed by atoms with Crippen LogP contribution >= 0.6 is 0 Å². The minimum absolute atomic E-state index is 0.0255. The minimum Gasteiger partial charge on any atom is -0.338 e. The molecule has 1 fully saturated rings. The topological polar surface area (TPSA) is 53.5 Å². The molecule has 1 atom stereocenters. The van der Waals surface area contributed by atoms with E-state index in [-0.39, 0.29) is 17.6 Å². The maximum absolute atomic E-state index is 13.8. The summed E-state index contributed by atoms with van der Waals surface area (Å²) in [6, 6.07) is 3.73. The van der Waals surface area contributed by atoms with Gasteiger partial charge in [-0.2, -0.15) is 0 Å². The molecule has 102 valence electrons. The molecule has 1 amide bonds. The predicted octanol–water partition coefficient (Wildman–Crippen LogP) is 1.66. The van der Waals surface area contributed by atoms with Gasteiger partial charge in [-0.15, -0.1) is 0 Å². The molecule has 0 saturated carbocycles. The highest BCUT2D eigenvalue weighted by atomic mass is 19.2. The standard InChI is InChI=1S/C13H15F2N3O/c1-7(2)16-12-17-11(19)13(3,18-12)8-5-4-6-9(14)10(8)15/h4-7H,1-3H3,(H2,16,17,18,19). The Labute approximate surface area is 109 Å². The van der Waals surface area contributed by atoms with E-state index in [1.54, 1.807) is 0 Å². The van der Waals surface area contributed by atoms with Crippen LogP contribution in [0.4, 0.5) is 8.78 Å². The monoisotopic (exact) mass is 267 g/mol. The second-order valence-corrected chi connectivity index (χ2v) is 4.88. The van der Waals surface area contributed by atoms with E-state index < -0.39 is 23.1 Å². The molecule has 1 aromatic carbocycles. The van der Waals surface area contributed by atoms with E-state index in [1.165, 1.54) is 19.1 Å². The third-order valence-electron chi connectivity index (χ3n) is 2.93. The number of guanidine groups is 1. The van der Waals surface area contributed by atoms with Gasteiger partial charge in [-0.3, -0.25) is 15.1 Å². The van der Waals surface area contributed by atoms with Crippen molar-refractivity contribution < 1.29 is 13.6 Å². The smallest absolute Gasteiger partial charge is 0.256 e. The van der Waals surface area contributed by atoms with E-state index in [1.807, 2.05) is 13.8 Å². The summed E-state index contributed by atoms with van der Waals surface area (Å²) in [4.78, 5) is 16.2. The zero-order valence-corrected chi connectivity index (χ0v) is 10.9. The Bertz CT molecular complexity index is 557. The highest BCUT2D eigenvalue weighted by Gasteiger charge is 2.44. The molecule has 0 aliphatic carbocycles. The van der Waals surface area contributed by atoms with Gasteiger partial charge in [-0.1, -0.05) is 12.1 Å². The second kappa shape index (κ2) is 4.60. The fourth-order valence-corrected chi connectivity index (χ4v) is 1.96. The maximum Gasteiger partial charge on any atom is 0.256 e. The average molecular weight is 267 g/mol. The normalized spacial score (nSPS) is 24.7. The third-order valence-corrected chi connectivity index (χ3v) is 2.93.